The van der Waals surface area contributed by atoms with Crippen LogP contribution in [0.3, 0.4) is 0 Å². The van der Waals surface area contributed by atoms with Crippen molar-refractivity contribution in [3.05, 3.63) is 107 Å². The fourth-order valence-corrected chi connectivity index (χ4v) is 5.73. The van der Waals surface area contributed by atoms with Crippen molar-refractivity contribution in [1.82, 2.24) is 14.8 Å². The number of hydrazine groups is 1. The molecule has 8 heteroatoms. The lowest BCUT2D eigenvalue weighted by Crippen LogP contribution is -2.39. The first kappa shape index (κ1) is 22.4. The molecule has 0 saturated carbocycles. The van der Waals surface area contributed by atoms with Gasteiger partial charge in [-0.2, -0.15) is 0 Å². The summed E-state index contributed by atoms with van der Waals surface area (Å²) < 4.78 is 33.8. The molecule has 0 unspecified atom stereocenters. The third kappa shape index (κ3) is 3.92. The summed E-state index contributed by atoms with van der Waals surface area (Å²) in [4.78, 5) is 4.78. The predicted molar refractivity (Wildman–Crippen MR) is 134 cm³/mol. The van der Waals surface area contributed by atoms with Crippen LogP contribution in [0.1, 0.15) is 22.7 Å². The van der Waals surface area contributed by atoms with Crippen molar-refractivity contribution in [1.29, 1.82) is 0 Å². The third-order valence-electron chi connectivity index (χ3n) is 5.86. The van der Waals surface area contributed by atoms with Crippen molar-refractivity contribution < 1.29 is 13.2 Å². The Morgan fingerprint density at radius 2 is 1.74 bits per heavy atom. The molecule has 5 rings (SSSR count). The highest BCUT2D eigenvalue weighted by atomic mass is 35.5. The first-order chi connectivity index (χ1) is 16.4. The first-order valence-corrected chi connectivity index (χ1v) is 12.5. The van der Waals surface area contributed by atoms with Gasteiger partial charge in [0.1, 0.15) is 10.9 Å². The Labute approximate surface area is 203 Å². The number of methoxy groups -OCH3 is 1. The molecule has 172 valence electrons. The van der Waals surface area contributed by atoms with Crippen molar-refractivity contribution in [2.75, 3.05) is 7.11 Å². The minimum absolute atomic E-state index is 0.178. The fraction of sp³-hybridized carbons (Fsp3) is 0.115. The van der Waals surface area contributed by atoms with Gasteiger partial charge < -0.3 is 10.2 Å². The second-order valence-corrected chi connectivity index (χ2v) is 10.2. The second-order valence-electron chi connectivity index (χ2n) is 7.99. The average molecular weight is 492 g/mol. The molecule has 1 aliphatic rings. The van der Waals surface area contributed by atoms with E-state index in [1.54, 1.807) is 37.4 Å². The lowest BCUT2D eigenvalue weighted by Gasteiger charge is -2.25. The standard InChI is InChI=1S/C26H22ClN3O3S/c1-17-7-6-8-19-15-22(26(27)28-25(17)19)24-16-23(18-11-13-20(33-2)14-12-18)29-30(24)34(31,32)21-9-4-3-5-10-21/h3-16,24,29H,1-2H3/t24-/m1/s1. The number of ether oxygens (including phenoxy) is 1. The van der Waals surface area contributed by atoms with E-state index in [4.69, 9.17) is 16.3 Å². The third-order valence-corrected chi connectivity index (χ3v) is 7.86. The van der Waals surface area contributed by atoms with Crippen molar-refractivity contribution >= 4 is 38.2 Å². The lowest BCUT2D eigenvalue weighted by atomic mass is 10.0. The zero-order chi connectivity index (χ0) is 23.9. The highest BCUT2D eigenvalue weighted by Crippen LogP contribution is 2.39. The van der Waals surface area contributed by atoms with Crippen LogP contribution in [0.2, 0.25) is 5.15 Å². The molecule has 2 heterocycles. The molecule has 0 amide bonds. The molecular formula is C26H22ClN3O3S. The molecule has 1 aliphatic heterocycles. The Morgan fingerprint density at radius 3 is 2.44 bits per heavy atom. The molecular weight excluding hydrogens is 470 g/mol. The van der Waals surface area contributed by atoms with Gasteiger partial charge in [0.15, 0.2) is 0 Å². The molecule has 0 saturated heterocycles. The number of nitrogens with zero attached hydrogens (tertiary/aromatic N) is 2. The van der Waals surface area contributed by atoms with Gasteiger partial charge in [0, 0.05) is 10.9 Å². The number of rotatable bonds is 5. The molecule has 0 bridgehead atoms. The summed E-state index contributed by atoms with van der Waals surface area (Å²) in [5, 5.41) is 1.15. The molecule has 0 aliphatic carbocycles. The van der Waals surface area contributed by atoms with E-state index in [-0.39, 0.29) is 10.0 Å². The minimum atomic E-state index is -3.91. The van der Waals surface area contributed by atoms with Gasteiger partial charge in [-0.15, -0.1) is 4.41 Å². The van der Waals surface area contributed by atoms with Gasteiger partial charge in [0.2, 0.25) is 0 Å². The maximum Gasteiger partial charge on any atom is 0.260 e. The smallest absolute Gasteiger partial charge is 0.260 e. The van der Waals surface area contributed by atoms with Crippen molar-refractivity contribution in [2.45, 2.75) is 17.9 Å². The molecule has 1 N–H and O–H groups in total. The highest BCUT2D eigenvalue weighted by molar-refractivity contribution is 7.89. The van der Waals surface area contributed by atoms with Crippen LogP contribution in [-0.2, 0) is 10.0 Å². The zero-order valence-corrected chi connectivity index (χ0v) is 20.1. The number of hydrogen-bond donors (Lipinski definition) is 1. The van der Waals surface area contributed by atoms with E-state index in [9.17, 15) is 8.42 Å². The van der Waals surface area contributed by atoms with E-state index in [0.717, 1.165) is 22.0 Å². The molecule has 4 aromatic rings. The molecule has 3 aromatic carbocycles. The topological polar surface area (TPSA) is 71.5 Å². The van der Waals surface area contributed by atoms with Crippen LogP contribution in [0.25, 0.3) is 16.6 Å². The van der Waals surface area contributed by atoms with Gasteiger partial charge >= 0.3 is 0 Å². The number of aromatic nitrogens is 1. The van der Waals surface area contributed by atoms with Crippen LogP contribution in [0, 0.1) is 6.92 Å². The van der Waals surface area contributed by atoms with Crippen molar-refractivity contribution in [3.8, 4) is 5.75 Å². The lowest BCUT2D eigenvalue weighted by molar-refractivity contribution is 0.348. The maximum atomic E-state index is 13.7. The van der Waals surface area contributed by atoms with E-state index in [2.05, 4.69) is 10.4 Å². The fourth-order valence-electron chi connectivity index (χ4n) is 4.06. The van der Waals surface area contributed by atoms with Crippen LogP contribution >= 0.6 is 11.6 Å². The second kappa shape index (κ2) is 8.76. The first-order valence-electron chi connectivity index (χ1n) is 10.7. The number of pyridine rings is 1. The van der Waals surface area contributed by atoms with Crippen molar-refractivity contribution in [3.63, 3.8) is 0 Å². The van der Waals surface area contributed by atoms with E-state index < -0.39 is 16.1 Å². The number of benzene rings is 3. The predicted octanol–water partition coefficient (Wildman–Crippen LogP) is 5.50. The molecule has 0 radical (unpaired) electrons. The van der Waals surface area contributed by atoms with Gasteiger partial charge in [0.25, 0.3) is 10.0 Å². The maximum absolute atomic E-state index is 13.7. The van der Waals surface area contributed by atoms with Crippen LogP contribution in [0.5, 0.6) is 5.75 Å². The molecule has 1 aromatic heterocycles. The quantitative estimate of drug-likeness (QED) is 0.373. The minimum Gasteiger partial charge on any atom is -0.497 e. The van der Waals surface area contributed by atoms with E-state index in [0.29, 0.717) is 17.0 Å². The summed E-state index contributed by atoms with van der Waals surface area (Å²) in [6, 6.07) is 22.8. The van der Waals surface area contributed by atoms with Gasteiger partial charge in [-0.05, 0) is 66.6 Å². The monoisotopic (exact) mass is 491 g/mol. The van der Waals surface area contributed by atoms with Crippen LogP contribution < -0.4 is 10.2 Å². The zero-order valence-electron chi connectivity index (χ0n) is 18.6. The summed E-state index contributed by atoms with van der Waals surface area (Å²) in [5.41, 5.74) is 6.94. The van der Waals surface area contributed by atoms with Crippen LogP contribution in [0.15, 0.2) is 89.8 Å². The van der Waals surface area contributed by atoms with Gasteiger partial charge in [-0.25, -0.2) is 13.4 Å². The average Bonchev–Trinajstić information content (AvgIpc) is 3.31. The Morgan fingerprint density at radius 1 is 1.00 bits per heavy atom. The number of nitrogens with one attached hydrogen (secondary N) is 1. The molecule has 6 nitrogen and oxygen atoms in total. The summed E-state index contributed by atoms with van der Waals surface area (Å²) in [6.07, 6.45) is 1.85. The van der Waals surface area contributed by atoms with Crippen molar-refractivity contribution in [2.24, 2.45) is 0 Å². The van der Waals surface area contributed by atoms with Crippen LogP contribution in [-0.4, -0.2) is 24.9 Å². The summed E-state index contributed by atoms with van der Waals surface area (Å²) in [5.74, 6) is 0.713. The molecule has 34 heavy (non-hydrogen) atoms. The number of aryl methyl sites for hydroxylation is 1. The molecule has 1 atom stereocenters. The Bertz CT molecular complexity index is 1500. The highest BCUT2D eigenvalue weighted by Gasteiger charge is 2.38. The summed E-state index contributed by atoms with van der Waals surface area (Å²) in [6.45, 7) is 1.97. The van der Waals surface area contributed by atoms with E-state index in [1.807, 2.05) is 61.5 Å². The summed E-state index contributed by atoms with van der Waals surface area (Å²) >= 11 is 6.64. The molecule has 0 spiro atoms. The largest absolute Gasteiger partial charge is 0.497 e. The number of halogens is 1. The Kier molecular flexibility index (Phi) is 5.77. The van der Waals surface area contributed by atoms with Gasteiger partial charge in [-0.1, -0.05) is 48.0 Å². The molecule has 0 fully saturated rings. The number of sulfonamides is 1. The van der Waals surface area contributed by atoms with E-state index >= 15 is 0 Å². The number of fused-ring (bicyclic) bond motifs is 1. The SMILES string of the molecule is COc1ccc(C2=C[C@H](c3cc4cccc(C)c4nc3Cl)N(S(=O)(=O)c3ccccc3)N2)cc1. The number of hydrogen-bond acceptors (Lipinski definition) is 5. The van der Waals surface area contributed by atoms with Gasteiger partial charge in [-0.3, -0.25) is 0 Å². The Balaban J connectivity index is 1.66. The van der Waals surface area contributed by atoms with E-state index in [1.165, 1.54) is 4.41 Å². The normalized spacial score (nSPS) is 16.3. The summed E-state index contributed by atoms with van der Waals surface area (Å²) in [7, 11) is -2.31. The Hall–Kier alpha value is -3.39. The van der Waals surface area contributed by atoms with Crippen LogP contribution in [0.4, 0.5) is 0 Å². The number of para-hydroxylation sites is 1. The van der Waals surface area contributed by atoms with Gasteiger partial charge in [0.05, 0.1) is 29.3 Å².